The molecule has 1 N–H and O–H groups in total. The zero-order chi connectivity index (χ0) is 19.8. The van der Waals surface area contributed by atoms with E-state index in [0.29, 0.717) is 23.5 Å². The number of nitrogens with zero attached hydrogens (tertiary/aromatic N) is 4. The third kappa shape index (κ3) is 3.82. The van der Waals surface area contributed by atoms with E-state index in [9.17, 15) is 4.79 Å². The molecular weight excluding hydrogens is 386 g/mol. The number of benzene rings is 1. The van der Waals surface area contributed by atoms with E-state index in [1.165, 1.54) is 28.8 Å². The number of carbonyl (C=O) groups is 1. The molecule has 1 aromatic carbocycles. The molecule has 0 saturated carbocycles. The van der Waals surface area contributed by atoms with Gasteiger partial charge in [-0.2, -0.15) is 0 Å². The number of aromatic nitrogens is 3. The lowest BCUT2D eigenvalue weighted by atomic mass is 9.94. The Morgan fingerprint density at radius 3 is 2.86 bits per heavy atom. The van der Waals surface area contributed by atoms with Gasteiger partial charge in [-0.1, -0.05) is 24.3 Å². The molecule has 0 radical (unpaired) electrons. The van der Waals surface area contributed by atoms with Crippen molar-refractivity contribution in [1.29, 1.82) is 0 Å². The lowest BCUT2D eigenvalue weighted by molar-refractivity contribution is -0.118. The molecule has 150 valence electrons. The number of hydrogen-bond acceptors (Lipinski definition) is 7. The molecule has 1 unspecified atom stereocenters. The highest BCUT2D eigenvalue weighted by Gasteiger charge is 2.32. The number of rotatable bonds is 4. The van der Waals surface area contributed by atoms with Gasteiger partial charge >= 0.3 is 0 Å². The first-order chi connectivity index (χ1) is 14.2. The zero-order valence-corrected chi connectivity index (χ0v) is 17.2. The first-order valence-corrected chi connectivity index (χ1v) is 10.9. The summed E-state index contributed by atoms with van der Waals surface area (Å²) in [5, 5.41) is 11.9. The number of amides is 1. The molecule has 2 aliphatic rings. The van der Waals surface area contributed by atoms with E-state index >= 15 is 0 Å². The highest BCUT2D eigenvalue weighted by molar-refractivity contribution is 7.15. The van der Waals surface area contributed by atoms with Gasteiger partial charge in [-0.3, -0.25) is 9.69 Å². The number of fused-ring (bicyclic) bond motifs is 2. The number of carbonyl (C=O) groups excluding carboxylic acids is 1. The highest BCUT2D eigenvalue weighted by Crippen LogP contribution is 2.33. The van der Waals surface area contributed by atoms with Crippen LogP contribution in [0.1, 0.15) is 52.4 Å². The van der Waals surface area contributed by atoms with Crippen molar-refractivity contribution >= 4 is 22.4 Å². The normalized spacial score (nSPS) is 18.9. The van der Waals surface area contributed by atoms with Gasteiger partial charge in [0.2, 0.25) is 17.7 Å². The Morgan fingerprint density at radius 2 is 2.07 bits per heavy atom. The molecule has 0 spiro atoms. The molecule has 7 nitrogen and oxygen atoms in total. The number of anilines is 1. The van der Waals surface area contributed by atoms with E-state index in [-0.39, 0.29) is 18.5 Å². The van der Waals surface area contributed by atoms with Gasteiger partial charge < -0.3 is 9.73 Å². The number of hydrogen-bond donors (Lipinski definition) is 1. The van der Waals surface area contributed by atoms with E-state index in [4.69, 9.17) is 4.42 Å². The van der Waals surface area contributed by atoms with Crippen LogP contribution in [0.5, 0.6) is 0 Å². The summed E-state index contributed by atoms with van der Waals surface area (Å²) in [6.07, 6.45) is 5.23. The fraction of sp³-hybridized carbons (Fsp3) is 0.429. The maximum Gasteiger partial charge on any atom is 0.240 e. The Bertz CT molecular complexity index is 1020. The predicted molar refractivity (Wildman–Crippen MR) is 110 cm³/mol. The summed E-state index contributed by atoms with van der Waals surface area (Å²) in [7, 11) is 0. The van der Waals surface area contributed by atoms with Crippen molar-refractivity contribution in [3.8, 4) is 0 Å². The standard InChI is InChI=1S/C21H23N5O2S/c1-13-24-25-20(28-13)17-10-14-6-2-3-7-15(14)11-26(17)12-19(27)23-21-22-16-8-4-5-9-18(16)29-21/h2-3,6-7,17H,4-5,8-12H2,1H3,(H,22,23,27). The summed E-state index contributed by atoms with van der Waals surface area (Å²) < 4.78 is 5.72. The first kappa shape index (κ1) is 18.4. The van der Waals surface area contributed by atoms with Crippen LogP contribution in [0.15, 0.2) is 28.7 Å². The molecular formula is C21H23N5O2S. The first-order valence-electron chi connectivity index (χ1n) is 10.0. The second-order valence-electron chi connectivity index (χ2n) is 7.70. The van der Waals surface area contributed by atoms with E-state index in [1.807, 2.05) is 12.1 Å². The summed E-state index contributed by atoms with van der Waals surface area (Å²) in [4.78, 5) is 20.9. The second kappa shape index (κ2) is 7.68. The molecule has 29 heavy (non-hydrogen) atoms. The topological polar surface area (TPSA) is 84.2 Å². The van der Waals surface area contributed by atoms with Crippen LogP contribution in [0.3, 0.4) is 0 Å². The average Bonchev–Trinajstić information content (AvgIpc) is 3.32. The molecule has 0 fully saturated rings. The minimum atomic E-state index is -0.110. The zero-order valence-electron chi connectivity index (χ0n) is 16.4. The Kier molecular flexibility index (Phi) is 4.89. The summed E-state index contributed by atoms with van der Waals surface area (Å²) in [6, 6.07) is 8.21. The number of nitrogens with one attached hydrogen (secondary N) is 1. The number of thiazole rings is 1. The van der Waals surface area contributed by atoms with Crippen molar-refractivity contribution in [2.75, 3.05) is 11.9 Å². The largest absolute Gasteiger partial charge is 0.424 e. The van der Waals surface area contributed by atoms with Crippen LogP contribution in [0.4, 0.5) is 5.13 Å². The van der Waals surface area contributed by atoms with Crippen molar-refractivity contribution in [2.24, 2.45) is 0 Å². The van der Waals surface area contributed by atoms with Gasteiger partial charge in [0, 0.05) is 18.3 Å². The van der Waals surface area contributed by atoms with Gasteiger partial charge in [0.25, 0.3) is 0 Å². The van der Waals surface area contributed by atoms with E-state index in [0.717, 1.165) is 25.0 Å². The molecule has 0 saturated heterocycles. The Balaban J connectivity index is 1.34. The van der Waals surface area contributed by atoms with Crippen molar-refractivity contribution in [3.05, 3.63) is 57.7 Å². The molecule has 1 aliphatic carbocycles. The summed E-state index contributed by atoms with van der Waals surface area (Å²) in [6.45, 7) is 2.71. The smallest absolute Gasteiger partial charge is 0.240 e. The molecule has 1 aliphatic heterocycles. The van der Waals surface area contributed by atoms with Crippen LogP contribution in [0.25, 0.3) is 0 Å². The Morgan fingerprint density at radius 1 is 1.24 bits per heavy atom. The van der Waals surface area contributed by atoms with Crippen molar-refractivity contribution < 1.29 is 9.21 Å². The van der Waals surface area contributed by atoms with Crippen LogP contribution >= 0.6 is 11.3 Å². The predicted octanol–water partition coefficient (Wildman–Crippen LogP) is 3.45. The lowest BCUT2D eigenvalue weighted by Crippen LogP contribution is -2.39. The Labute approximate surface area is 173 Å². The second-order valence-corrected chi connectivity index (χ2v) is 8.78. The van der Waals surface area contributed by atoms with E-state index < -0.39 is 0 Å². The quantitative estimate of drug-likeness (QED) is 0.711. The van der Waals surface area contributed by atoms with Crippen molar-refractivity contribution in [2.45, 2.75) is 51.6 Å². The van der Waals surface area contributed by atoms with Crippen LogP contribution in [0.2, 0.25) is 0 Å². The molecule has 3 aromatic rings. The monoisotopic (exact) mass is 409 g/mol. The molecule has 1 atom stereocenters. The SMILES string of the molecule is Cc1nnc(C2Cc3ccccc3CN2CC(=O)Nc2nc3c(s2)CCCC3)o1. The lowest BCUT2D eigenvalue weighted by Gasteiger charge is -2.34. The van der Waals surface area contributed by atoms with Crippen LogP contribution in [-0.2, 0) is 30.6 Å². The van der Waals surface area contributed by atoms with Crippen LogP contribution < -0.4 is 5.32 Å². The van der Waals surface area contributed by atoms with Gasteiger partial charge in [-0.05, 0) is 43.2 Å². The highest BCUT2D eigenvalue weighted by atomic mass is 32.1. The summed E-state index contributed by atoms with van der Waals surface area (Å²) >= 11 is 1.61. The Hall–Kier alpha value is -2.58. The fourth-order valence-corrected chi connectivity index (χ4v) is 5.25. The molecule has 0 bridgehead atoms. The van der Waals surface area contributed by atoms with Gasteiger partial charge in [-0.15, -0.1) is 21.5 Å². The average molecular weight is 410 g/mol. The minimum absolute atomic E-state index is 0.0586. The van der Waals surface area contributed by atoms with Crippen molar-refractivity contribution in [1.82, 2.24) is 20.1 Å². The molecule has 1 amide bonds. The van der Waals surface area contributed by atoms with Gasteiger partial charge in [0.05, 0.1) is 18.3 Å². The van der Waals surface area contributed by atoms with Gasteiger partial charge in [0.15, 0.2) is 5.13 Å². The van der Waals surface area contributed by atoms with Gasteiger partial charge in [-0.25, -0.2) is 4.98 Å². The molecule has 8 heteroatoms. The van der Waals surface area contributed by atoms with Gasteiger partial charge in [0.1, 0.15) is 0 Å². The maximum atomic E-state index is 12.8. The summed E-state index contributed by atoms with van der Waals surface area (Å²) in [5.74, 6) is 1.04. The minimum Gasteiger partial charge on any atom is -0.424 e. The van der Waals surface area contributed by atoms with Crippen molar-refractivity contribution in [3.63, 3.8) is 0 Å². The van der Waals surface area contributed by atoms with E-state index in [1.54, 1.807) is 18.3 Å². The fourth-order valence-electron chi connectivity index (χ4n) is 4.18. The number of aryl methyl sites for hydroxylation is 3. The third-order valence-corrected chi connectivity index (χ3v) is 6.68. The van der Waals surface area contributed by atoms with E-state index in [2.05, 4.69) is 37.5 Å². The molecule has 5 rings (SSSR count). The third-order valence-electron chi connectivity index (χ3n) is 5.61. The summed E-state index contributed by atoms with van der Waals surface area (Å²) in [5.41, 5.74) is 3.65. The maximum absolute atomic E-state index is 12.8. The molecule has 2 aromatic heterocycles. The molecule has 3 heterocycles. The van der Waals surface area contributed by atoms with Crippen LogP contribution in [-0.4, -0.2) is 32.5 Å². The van der Waals surface area contributed by atoms with Crippen LogP contribution in [0, 0.1) is 6.92 Å².